The molecule has 0 amide bonds. The van der Waals surface area contributed by atoms with Gasteiger partial charge >= 0.3 is 0 Å². The van der Waals surface area contributed by atoms with Crippen molar-refractivity contribution in [3.8, 4) is 5.75 Å². The average Bonchev–Trinajstić information content (AvgIpc) is 3.37. The molecule has 1 aliphatic carbocycles. The van der Waals surface area contributed by atoms with Crippen molar-refractivity contribution in [2.24, 2.45) is 4.99 Å². The number of methoxy groups -OCH3 is 1. The summed E-state index contributed by atoms with van der Waals surface area (Å²) in [4.78, 5) is 11.8. The minimum atomic E-state index is 0. The summed E-state index contributed by atoms with van der Waals surface area (Å²) in [6.45, 7) is 0. The van der Waals surface area contributed by atoms with E-state index < -0.39 is 0 Å². The number of rotatable bonds is 2. The van der Waals surface area contributed by atoms with Crippen molar-refractivity contribution < 1.29 is 4.74 Å². The molecule has 5 rings (SSSR count). The lowest BCUT2D eigenvalue weighted by Gasteiger charge is -2.08. The molecule has 3 heterocycles. The van der Waals surface area contributed by atoms with Crippen LogP contribution in [0.1, 0.15) is 29.8 Å². The van der Waals surface area contributed by atoms with E-state index in [2.05, 4.69) is 34.3 Å². The summed E-state index contributed by atoms with van der Waals surface area (Å²) >= 11 is 0. The molecule has 27 heavy (non-hydrogen) atoms. The van der Waals surface area contributed by atoms with Gasteiger partial charge in [-0.2, -0.15) is 0 Å². The van der Waals surface area contributed by atoms with Crippen molar-refractivity contribution in [2.45, 2.75) is 25.7 Å². The Labute approximate surface area is 163 Å². The number of aromatic nitrogens is 2. The molecule has 0 spiro atoms. The number of hydrogen-bond donors (Lipinski definition) is 2. The Morgan fingerprint density at radius 3 is 2.74 bits per heavy atom. The van der Waals surface area contributed by atoms with Gasteiger partial charge in [-0.3, -0.25) is 0 Å². The van der Waals surface area contributed by atoms with E-state index in [9.17, 15) is 0 Å². The number of H-pyrrole nitrogens is 2. The minimum absolute atomic E-state index is 0. The molecule has 1 aromatic carbocycles. The van der Waals surface area contributed by atoms with Crippen LogP contribution in [0.3, 0.4) is 0 Å². The summed E-state index contributed by atoms with van der Waals surface area (Å²) in [5, 5.41) is 4.10. The van der Waals surface area contributed by atoms with E-state index in [4.69, 9.17) is 9.73 Å². The molecule has 0 bridgehead atoms. The number of para-hydroxylation sites is 1. The minimum Gasteiger partial charge on any atom is -0.494 e. The highest BCUT2D eigenvalue weighted by Gasteiger charge is 2.12. The molecule has 138 valence electrons. The van der Waals surface area contributed by atoms with Crippen LogP contribution in [0.5, 0.6) is 5.75 Å². The topological polar surface area (TPSA) is 53.2 Å². The van der Waals surface area contributed by atoms with Crippen LogP contribution in [0.15, 0.2) is 41.4 Å². The van der Waals surface area contributed by atoms with Crippen LogP contribution in [-0.2, 0) is 12.8 Å². The standard InChI is InChI=1S/C22H21N3O.ClH/c1-26-22-13-20(19-11-15-7-3-5-9-18(15)24-19)25-21(22)12-16-10-14-6-2-4-8-17(14)23-16;/h3,5,7,9-13,23,25H,2,4,6,8H2,1H3;1H/b20-19-,21-12-;. The molecule has 0 fully saturated rings. The lowest BCUT2D eigenvalue weighted by molar-refractivity contribution is 0.412. The Kier molecular flexibility index (Phi) is 4.66. The Morgan fingerprint density at radius 2 is 1.93 bits per heavy atom. The third kappa shape index (κ3) is 3.21. The number of aromatic amines is 2. The molecule has 3 aromatic rings. The molecule has 0 unspecified atom stereocenters. The Hall–Kier alpha value is -2.72. The molecule has 0 atom stereocenters. The highest BCUT2D eigenvalue weighted by atomic mass is 35.5. The monoisotopic (exact) mass is 379 g/mol. The third-order valence-electron chi connectivity index (χ3n) is 5.21. The summed E-state index contributed by atoms with van der Waals surface area (Å²) in [6.07, 6.45) is 9.13. The molecule has 0 saturated carbocycles. The highest BCUT2D eigenvalue weighted by Crippen LogP contribution is 2.21. The number of ether oxygens (including phenoxy) is 1. The second-order valence-corrected chi connectivity index (χ2v) is 6.95. The van der Waals surface area contributed by atoms with Gasteiger partial charge in [0.15, 0.2) is 0 Å². The van der Waals surface area contributed by atoms with Crippen LogP contribution >= 0.6 is 12.4 Å². The molecule has 2 aromatic heterocycles. The molecular weight excluding hydrogens is 358 g/mol. The summed E-state index contributed by atoms with van der Waals surface area (Å²) in [5.41, 5.74) is 4.91. The normalized spacial score (nSPS) is 17.4. The summed E-state index contributed by atoms with van der Waals surface area (Å²) in [6, 6.07) is 12.5. The maximum Gasteiger partial charge on any atom is 0.144 e. The smallest absolute Gasteiger partial charge is 0.144 e. The van der Waals surface area contributed by atoms with Gasteiger partial charge in [0.25, 0.3) is 0 Å². The first kappa shape index (κ1) is 17.7. The zero-order chi connectivity index (χ0) is 17.5. The molecule has 5 heteroatoms. The van der Waals surface area contributed by atoms with E-state index >= 15 is 0 Å². The van der Waals surface area contributed by atoms with Crippen molar-refractivity contribution in [3.63, 3.8) is 0 Å². The Morgan fingerprint density at radius 1 is 1.07 bits per heavy atom. The molecule has 4 nitrogen and oxygen atoms in total. The first-order valence-corrected chi connectivity index (χ1v) is 9.15. The van der Waals surface area contributed by atoms with E-state index in [1.165, 1.54) is 30.5 Å². The zero-order valence-electron chi connectivity index (χ0n) is 15.2. The van der Waals surface area contributed by atoms with E-state index in [1.807, 2.05) is 24.3 Å². The predicted octanol–water partition coefficient (Wildman–Crippen LogP) is 1.70. The van der Waals surface area contributed by atoms with E-state index in [0.29, 0.717) is 0 Å². The van der Waals surface area contributed by atoms with Gasteiger partial charge in [0, 0.05) is 22.7 Å². The largest absolute Gasteiger partial charge is 0.494 e. The van der Waals surface area contributed by atoms with Gasteiger partial charge in [-0.1, -0.05) is 18.2 Å². The quantitative estimate of drug-likeness (QED) is 0.699. The molecule has 0 saturated heterocycles. The van der Waals surface area contributed by atoms with Crippen molar-refractivity contribution in [1.29, 1.82) is 0 Å². The van der Waals surface area contributed by atoms with Gasteiger partial charge in [-0.05, 0) is 55.5 Å². The first-order valence-electron chi connectivity index (χ1n) is 9.15. The number of nitrogens with zero attached hydrogens (tertiary/aromatic N) is 1. The summed E-state index contributed by atoms with van der Waals surface area (Å²) in [7, 11) is 1.71. The van der Waals surface area contributed by atoms with Gasteiger partial charge < -0.3 is 14.7 Å². The van der Waals surface area contributed by atoms with Crippen molar-refractivity contribution in [3.05, 3.63) is 74.6 Å². The van der Waals surface area contributed by atoms with Gasteiger partial charge in [-0.15, -0.1) is 12.4 Å². The number of fused-ring (bicyclic) bond motifs is 2. The molecule has 2 aliphatic rings. The Balaban J connectivity index is 0.00000180. The second-order valence-electron chi connectivity index (χ2n) is 6.95. The van der Waals surface area contributed by atoms with Crippen LogP contribution in [0, 0.1) is 0 Å². The van der Waals surface area contributed by atoms with Gasteiger partial charge in [0.05, 0.1) is 28.9 Å². The fourth-order valence-electron chi connectivity index (χ4n) is 3.89. The maximum atomic E-state index is 5.59. The molecular formula is C22H22ClN3O. The number of halogens is 1. The van der Waals surface area contributed by atoms with Gasteiger partial charge in [0.2, 0.25) is 0 Å². The van der Waals surface area contributed by atoms with Crippen molar-refractivity contribution in [1.82, 2.24) is 9.97 Å². The van der Waals surface area contributed by atoms with Gasteiger partial charge in [-0.25, -0.2) is 4.99 Å². The third-order valence-corrected chi connectivity index (χ3v) is 5.21. The van der Waals surface area contributed by atoms with E-state index in [0.717, 1.165) is 44.8 Å². The fourth-order valence-corrected chi connectivity index (χ4v) is 3.89. The van der Waals surface area contributed by atoms with E-state index in [-0.39, 0.29) is 12.4 Å². The lowest BCUT2D eigenvalue weighted by atomic mass is 9.98. The predicted molar refractivity (Wildman–Crippen MR) is 110 cm³/mol. The van der Waals surface area contributed by atoms with Crippen LogP contribution in [0.2, 0.25) is 0 Å². The van der Waals surface area contributed by atoms with Crippen LogP contribution < -0.4 is 26.0 Å². The molecule has 1 aliphatic heterocycles. The SMILES string of the molecule is COc1c/c(=C2\C=c3ccccc3=N2)[nH]/c1=C\c1cc2c([nH]1)CCCC2.Cl. The fraction of sp³-hybridized carbons (Fsp3) is 0.227. The van der Waals surface area contributed by atoms with Crippen LogP contribution in [-0.4, -0.2) is 17.1 Å². The van der Waals surface area contributed by atoms with Gasteiger partial charge in [0.1, 0.15) is 5.75 Å². The summed E-state index contributed by atoms with van der Waals surface area (Å²) < 4.78 is 5.59. The second kappa shape index (κ2) is 7.12. The molecule has 2 N–H and O–H groups in total. The highest BCUT2D eigenvalue weighted by molar-refractivity contribution is 5.85. The number of hydrogen-bond acceptors (Lipinski definition) is 2. The Bertz CT molecular complexity index is 1170. The molecule has 0 radical (unpaired) electrons. The number of nitrogens with one attached hydrogen (secondary N) is 2. The number of aryl methyl sites for hydroxylation is 2. The van der Waals surface area contributed by atoms with Crippen LogP contribution in [0.25, 0.3) is 17.8 Å². The average molecular weight is 380 g/mol. The first-order chi connectivity index (χ1) is 12.8. The summed E-state index contributed by atoms with van der Waals surface area (Å²) in [5.74, 6) is 0.833. The van der Waals surface area contributed by atoms with E-state index in [1.54, 1.807) is 7.11 Å². The van der Waals surface area contributed by atoms with Crippen molar-refractivity contribution in [2.75, 3.05) is 7.11 Å². The van der Waals surface area contributed by atoms with Crippen molar-refractivity contribution >= 4 is 30.3 Å². The van der Waals surface area contributed by atoms with Crippen LogP contribution in [0.4, 0.5) is 0 Å². The zero-order valence-corrected chi connectivity index (χ0v) is 16.0. The number of benzene rings is 1. The maximum absolute atomic E-state index is 5.59. The lowest BCUT2D eigenvalue weighted by Crippen LogP contribution is -2.19.